The van der Waals surface area contributed by atoms with Crippen molar-refractivity contribution in [3.63, 3.8) is 0 Å². The highest BCUT2D eigenvalue weighted by molar-refractivity contribution is 4.95. The number of alkyl halides is 3. The summed E-state index contributed by atoms with van der Waals surface area (Å²) in [5, 5.41) is 0. The maximum Gasteiger partial charge on any atom is 0.390 e. The number of nitrogens with zero attached hydrogens (tertiary/aromatic N) is 1. The molecule has 0 atom stereocenters. The van der Waals surface area contributed by atoms with E-state index in [9.17, 15) is 13.2 Å². The van der Waals surface area contributed by atoms with Crippen molar-refractivity contribution in [1.82, 2.24) is 4.90 Å². The predicted molar refractivity (Wildman–Crippen MR) is 48.9 cm³/mol. The van der Waals surface area contributed by atoms with Gasteiger partial charge in [-0.15, -0.1) is 0 Å². The zero-order valence-electron chi connectivity index (χ0n) is 8.40. The second kappa shape index (κ2) is 4.06. The summed E-state index contributed by atoms with van der Waals surface area (Å²) >= 11 is 0. The van der Waals surface area contributed by atoms with Crippen molar-refractivity contribution >= 4 is 0 Å². The van der Waals surface area contributed by atoms with E-state index < -0.39 is 12.6 Å². The van der Waals surface area contributed by atoms with Crippen molar-refractivity contribution in [2.75, 3.05) is 26.7 Å². The van der Waals surface area contributed by atoms with E-state index in [0.29, 0.717) is 13.1 Å². The molecule has 0 aromatic carbocycles. The van der Waals surface area contributed by atoms with E-state index in [-0.39, 0.29) is 12.0 Å². The molecular weight excluding hydrogens is 193 g/mol. The molecular formula is C9H17F3N2. The van der Waals surface area contributed by atoms with Crippen LogP contribution in [-0.4, -0.2) is 37.8 Å². The first-order chi connectivity index (χ1) is 6.37. The summed E-state index contributed by atoms with van der Waals surface area (Å²) in [6.45, 7) is 1.36. The van der Waals surface area contributed by atoms with Gasteiger partial charge in [-0.1, -0.05) is 0 Å². The zero-order valence-corrected chi connectivity index (χ0v) is 8.40. The van der Waals surface area contributed by atoms with Crippen LogP contribution in [0.3, 0.4) is 0 Å². The van der Waals surface area contributed by atoms with Gasteiger partial charge >= 0.3 is 6.18 Å². The first-order valence-corrected chi connectivity index (χ1v) is 4.82. The molecule has 0 amide bonds. The minimum Gasteiger partial charge on any atom is -0.330 e. The molecule has 0 aromatic rings. The number of rotatable bonds is 5. The maximum absolute atomic E-state index is 11.9. The Labute approximate surface area is 82.2 Å². The third-order valence-corrected chi connectivity index (χ3v) is 2.77. The van der Waals surface area contributed by atoms with Gasteiger partial charge in [0, 0.05) is 13.1 Å². The number of hydrogen-bond acceptors (Lipinski definition) is 2. The predicted octanol–water partition coefficient (Wildman–Crippen LogP) is 1.61. The van der Waals surface area contributed by atoms with Crippen molar-refractivity contribution in [3.05, 3.63) is 0 Å². The van der Waals surface area contributed by atoms with Gasteiger partial charge in [0.1, 0.15) is 0 Å². The Bertz CT molecular complexity index is 187. The summed E-state index contributed by atoms with van der Waals surface area (Å²) in [5.74, 6) is 0. The number of halogens is 3. The van der Waals surface area contributed by atoms with Crippen LogP contribution in [0.15, 0.2) is 0 Å². The fourth-order valence-electron chi connectivity index (χ4n) is 1.57. The summed E-state index contributed by atoms with van der Waals surface area (Å²) in [6, 6.07) is 0. The molecule has 1 aliphatic carbocycles. The molecule has 0 spiro atoms. The molecule has 1 rings (SSSR count). The van der Waals surface area contributed by atoms with E-state index in [0.717, 1.165) is 12.8 Å². The third kappa shape index (κ3) is 3.84. The summed E-state index contributed by atoms with van der Waals surface area (Å²) in [4.78, 5) is 1.73. The van der Waals surface area contributed by atoms with Crippen molar-refractivity contribution in [3.8, 4) is 0 Å². The van der Waals surface area contributed by atoms with E-state index >= 15 is 0 Å². The lowest BCUT2D eigenvalue weighted by Crippen LogP contribution is -2.33. The summed E-state index contributed by atoms with van der Waals surface area (Å²) in [5.41, 5.74) is 5.68. The second-order valence-electron chi connectivity index (χ2n) is 4.31. The molecule has 0 heterocycles. The van der Waals surface area contributed by atoms with Crippen LogP contribution in [0.25, 0.3) is 0 Å². The van der Waals surface area contributed by atoms with E-state index in [1.54, 1.807) is 11.9 Å². The Morgan fingerprint density at radius 3 is 2.29 bits per heavy atom. The molecule has 0 aromatic heterocycles. The van der Waals surface area contributed by atoms with Crippen LogP contribution in [0.5, 0.6) is 0 Å². The van der Waals surface area contributed by atoms with Gasteiger partial charge in [0.2, 0.25) is 0 Å². The third-order valence-electron chi connectivity index (χ3n) is 2.77. The molecule has 1 saturated carbocycles. The van der Waals surface area contributed by atoms with Gasteiger partial charge in [0.25, 0.3) is 0 Å². The monoisotopic (exact) mass is 210 g/mol. The van der Waals surface area contributed by atoms with Gasteiger partial charge in [0.15, 0.2) is 0 Å². The molecule has 0 saturated heterocycles. The molecule has 1 fully saturated rings. The van der Waals surface area contributed by atoms with Crippen LogP contribution in [0.1, 0.15) is 19.3 Å². The van der Waals surface area contributed by atoms with Gasteiger partial charge in [0.05, 0.1) is 6.42 Å². The summed E-state index contributed by atoms with van der Waals surface area (Å²) in [7, 11) is 1.72. The highest BCUT2D eigenvalue weighted by atomic mass is 19.4. The van der Waals surface area contributed by atoms with E-state index in [1.165, 1.54) is 0 Å². The topological polar surface area (TPSA) is 29.3 Å². The molecule has 0 aliphatic heterocycles. The standard InChI is InChI=1S/C9H17F3N2/c1-14(5-4-9(10,11)12)7-8(6-13)2-3-8/h2-7,13H2,1H3. The average Bonchev–Trinajstić information content (AvgIpc) is 2.81. The smallest absolute Gasteiger partial charge is 0.330 e. The zero-order chi connectivity index (χ0) is 10.8. The van der Waals surface area contributed by atoms with Crippen LogP contribution in [0, 0.1) is 5.41 Å². The molecule has 84 valence electrons. The van der Waals surface area contributed by atoms with Crippen LogP contribution in [0.2, 0.25) is 0 Å². The highest BCUT2D eigenvalue weighted by Gasteiger charge is 2.42. The molecule has 5 heteroatoms. The molecule has 0 bridgehead atoms. The fourth-order valence-corrected chi connectivity index (χ4v) is 1.57. The average molecular weight is 210 g/mol. The minimum absolute atomic E-state index is 0.0747. The lowest BCUT2D eigenvalue weighted by molar-refractivity contribution is -0.137. The SMILES string of the molecule is CN(CCC(F)(F)F)CC1(CN)CC1. The Morgan fingerprint density at radius 1 is 1.36 bits per heavy atom. The van der Waals surface area contributed by atoms with E-state index in [4.69, 9.17) is 5.73 Å². The van der Waals surface area contributed by atoms with Crippen molar-refractivity contribution in [2.45, 2.75) is 25.4 Å². The Balaban J connectivity index is 2.19. The van der Waals surface area contributed by atoms with Gasteiger partial charge in [-0.2, -0.15) is 13.2 Å². The van der Waals surface area contributed by atoms with Crippen molar-refractivity contribution < 1.29 is 13.2 Å². The Hall–Kier alpha value is -0.290. The Kier molecular flexibility index (Phi) is 3.42. The second-order valence-corrected chi connectivity index (χ2v) is 4.31. The number of hydrogen-bond donors (Lipinski definition) is 1. The fraction of sp³-hybridized carbons (Fsp3) is 1.00. The molecule has 1 aliphatic rings. The number of nitrogens with two attached hydrogens (primary N) is 1. The van der Waals surface area contributed by atoms with Crippen molar-refractivity contribution in [2.24, 2.45) is 11.1 Å². The van der Waals surface area contributed by atoms with E-state index in [1.807, 2.05) is 0 Å². The normalized spacial score (nSPS) is 20.1. The van der Waals surface area contributed by atoms with Crippen LogP contribution in [0.4, 0.5) is 13.2 Å². The van der Waals surface area contributed by atoms with E-state index in [2.05, 4.69) is 0 Å². The molecule has 0 radical (unpaired) electrons. The van der Waals surface area contributed by atoms with Crippen LogP contribution < -0.4 is 5.73 Å². The summed E-state index contributed by atoms with van der Waals surface area (Å²) < 4.78 is 35.7. The van der Waals surface area contributed by atoms with Gasteiger partial charge < -0.3 is 10.6 Å². The lowest BCUT2D eigenvalue weighted by Gasteiger charge is -2.22. The highest BCUT2D eigenvalue weighted by Crippen LogP contribution is 2.44. The van der Waals surface area contributed by atoms with Gasteiger partial charge in [-0.25, -0.2) is 0 Å². The Morgan fingerprint density at radius 2 is 1.93 bits per heavy atom. The van der Waals surface area contributed by atoms with Gasteiger partial charge in [-0.3, -0.25) is 0 Å². The maximum atomic E-state index is 11.9. The minimum atomic E-state index is -4.05. The van der Waals surface area contributed by atoms with Crippen LogP contribution in [-0.2, 0) is 0 Å². The van der Waals surface area contributed by atoms with Crippen LogP contribution >= 0.6 is 0 Å². The molecule has 14 heavy (non-hydrogen) atoms. The van der Waals surface area contributed by atoms with Gasteiger partial charge in [-0.05, 0) is 31.8 Å². The first kappa shape index (κ1) is 11.8. The lowest BCUT2D eigenvalue weighted by atomic mass is 10.1. The quantitative estimate of drug-likeness (QED) is 0.747. The molecule has 2 N–H and O–H groups in total. The van der Waals surface area contributed by atoms with Crippen molar-refractivity contribution in [1.29, 1.82) is 0 Å². The molecule has 0 unspecified atom stereocenters. The first-order valence-electron chi connectivity index (χ1n) is 4.82. The molecule has 2 nitrogen and oxygen atoms in total. The largest absolute Gasteiger partial charge is 0.390 e. The summed E-state index contributed by atoms with van der Waals surface area (Å²) in [6.07, 6.45) is -2.67.